The molecule has 0 aliphatic carbocycles. The second-order valence-electron chi connectivity index (χ2n) is 4.55. The third-order valence-electron chi connectivity index (χ3n) is 3.05. The highest BCUT2D eigenvalue weighted by Gasteiger charge is 2.23. The smallest absolute Gasteiger partial charge is 0.0991 e. The van der Waals surface area contributed by atoms with Crippen molar-refractivity contribution >= 4 is 11.3 Å². The summed E-state index contributed by atoms with van der Waals surface area (Å²) in [6.45, 7) is 1.80. The Balaban J connectivity index is 2.12. The molecule has 0 aliphatic heterocycles. The highest BCUT2D eigenvalue weighted by Crippen LogP contribution is 2.27. The Morgan fingerprint density at radius 1 is 1.33 bits per heavy atom. The minimum absolute atomic E-state index is 0.587. The van der Waals surface area contributed by atoms with Crippen molar-refractivity contribution in [3.8, 4) is 6.07 Å². The molecule has 1 heterocycles. The van der Waals surface area contributed by atoms with E-state index in [1.807, 2.05) is 23.6 Å². The minimum Gasteiger partial charge on any atom is -0.385 e. The van der Waals surface area contributed by atoms with Gasteiger partial charge in [0.25, 0.3) is 0 Å². The molecule has 0 radical (unpaired) electrons. The normalized spacial score (nSPS) is 13.8. The summed E-state index contributed by atoms with van der Waals surface area (Å²) in [7, 11) is 0. The molecule has 1 aromatic carbocycles. The first-order chi connectivity index (χ1) is 8.62. The number of rotatable bonds is 4. The van der Waals surface area contributed by atoms with Crippen LogP contribution in [0.4, 0.5) is 0 Å². The molecular weight excluding hydrogens is 242 g/mol. The molecular formula is C15H15NOS. The molecule has 0 saturated carbocycles. The fourth-order valence-corrected chi connectivity index (χ4v) is 2.60. The number of hydrogen-bond donors (Lipinski definition) is 1. The second-order valence-corrected chi connectivity index (χ2v) is 5.58. The molecule has 0 amide bonds. The van der Waals surface area contributed by atoms with Gasteiger partial charge in [0, 0.05) is 4.88 Å². The van der Waals surface area contributed by atoms with Crippen LogP contribution in [0.5, 0.6) is 0 Å². The molecule has 1 unspecified atom stereocenters. The number of aliphatic hydroxyl groups is 1. The van der Waals surface area contributed by atoms with Crippen molar-refractivity contribution in [3.63, 3.8) is 0 Å². The van der Waals surface area contributed by atoms with Crippen molar-refractivity contribution in [2.24, 2.45) is 0 Å². The lowest BCUT2D eigenvalue weighted by Gasteiger charge is -2.23. The molecule has 1 N–H and O–H groups in total. The molecule has 0 fully saturated rings. The van der Waals surface area contributed by atoms with Crippen molar-refractivity contribution in [3.05, 3.63) is 57.8 Å². The molecule has 0 bridgehead atoms. The van der Waals surface area contributed by atoms with E-state index in [4.69, 9.17) is 5.26 Å². The van der Waals surface area contributed by atoms with E-state index in [1.165, 1.54) is 4.88 Å². The van der Waals surface area contributed by atoms with Crippen LogP contribution in [0.15, 0.2) is 41.8 Å². The molecule has 2 rings (SSSR count). The Bertz CT molecular complexity index is 552. The fourth-order valence-electron chi connectivity index (χ4n) is 1.89. The van der Waals surface area contributed by atoms with Gasteiger partial charge in [-0.1, -0.05) is 18.2 Å². The molecule has 0 aliphatic rings. The monoisotopic (exact) mass is 257 g/mol. The number of thiophene rings is 1. The van der Waals surface area contributed by atoms with Crippen LogP contribution in [0.25, 0.3) is 0 Å². The number of hydrogen-bond acceptors (Lipinski definition) is 3. The maximum Gasteiger partial charge on any atom is 0.0991 e. The van der Waals surface area contributed by atoms with E-state index in [0.29, 0.717) is 12.0 Å². The zero-order valence-electron chi connectivity index (χ0n) is 10.3. The third kappa shape index (κ3) is 2.98. The van der Waals surface area contributed by atoms with Gasteiger partial charge < -0.3 is 5.11 Å². The summed E-state index contributed by atoms with van der Waals surface area (Å²) in [5.41, 5.74) is 0.499. The SMILES string of the molecule is CC(O)(CCc1cccs1)c1cccc(C#N)c1. The lowest BCUT2D eigenvalue weighted by Crippen LogP contribution is -2.21. The van der Waals surface area contributed by atoms with Crippen LogP contribution in [-0.2, 0) is 12.0 Å². The summed E-state index contributed by atoms with van der Waals surface area (Å²) in [5, 5.41) is 21.4. The highest BCUT2D eigenvalue weighted by atomic mass is 32.1. The minimum atomic E-state index is -0.892. The Kier molecular flexibility index (Phi) is 3.81. The third-order valence-corrected chi connectivity index (χ3v) is 3.99. The zero-order chi connectivity index (χ0) is 13.0. The first-order valence-electron chi connectivity index (χ1n) is 5.87. The van der Waals surface area contributed by atoms with Gasteiger partial charge in [0.15, 0.2) is 0 Å². The lowest BCUT2D eigenvalue weighted by molar-refractivity contribution is 0.0482. The Hall–Kier alpha value is -1.63. The first-order valence-corrected chi connectivity index (χ1v) is 6.75. The fraction of sp³-hybridized carbons (Fsp3) is 0.267. The first kappa shape index (κ1) is 12.8. The highest BCUT2D eigenvalue weighted by molar-refractivity contribution is 7.09. The van der Waals surface area contributed by atoms with Crippen LogP contribution < -0.4 is 0 Å². The van der Waals surface area contributed by atoms with Gasteiger partial charge in [-0.3, -0.25) is 0 Å². The summed E-state index contributed by atoms with van der Waals surface area (Å²) in [5.74, 6) is 0. The predicted molar refractivity (Wildman–Crippen MR) is 73.4 cm³/mol. The molecule has 3 heteroatoms. The van der Waals surface area contributed by atoms with Gasteiger partial charge in [-0.15, -0.1) is 11.3 Å². The second kappa shape index (κ2) is 5.34. The van der Waals surface area contributed by atoms with Crippen molar-refractivity contribution in [1.29, 1.82) is 5.26 Å². The van der Waals surface area contributed by atoms with Crippen molar-refractivity contribution in [1.82, 2.24) is 0 Å². The van der Waals surface area contributed by atoms with Gasteiger partial charge in [0.1, 0.15) is 0 Å². The van der Waals surface area contributed by atoms with Crippen LogP contribution in [-0.4, -0.2) is 5.11 Å². The van der Waals surface area contributed by atoms with Gasteiger partial charge in [-0.2, -0.15) is 5.26 Å². The van der Waals surface area contributed by atoms with Crippen molar-refractivity contribution in [2.45, 2.75) is 25.4 Å². The number of nitriles is 1. The van der Waals surface area contributed by atoms with Crippen LogP contribution in [0.1, 0.15) is 29.3 Å². The summed E-state index contributed by atoms with van der Waals surface area (Å²) in [6, 6.07) is 13.4. The van der Waals surface area contributed by atoms with E-state index in [2.05, 4.69) is 12.1 Å². The molecule has 18 heavy (non-hydrogen) atoms. The summed E-state index contributed by atoms with van der Waals surface area (Å²) in [4.78, 5) is 1.27. The van der Waals surface area contributed by atoms with E-state index in [-0.39, 0.29) is 0 Å². The van der Waals surface area contributed by atoms with Gasteiger partial charge in [0.05, 0.1) is 17.2 Å². The molecule has 2 nitrogen and oxygen atoms in total. The molecule has 92 valence electrons. The Morgan fingerprint density at radius 2 is 2.17 bits per heavy atom. The standard InChI is InChI=1S/C15H15NOS/c1-15(17,8-7-14-6-3-9-18-14)13-5-2-4-12(10-13)11-16/h2-6,9-10,17H,7-8H2,1H3. The van der Waals surface area contributed by atoms with E-state index in [1.54, 1.807) is 30.4 Å². The number of nitrogens with zero attached hydrogens (tertiary/aromatic N) is 1. The quantitative estimate of drug-likeness (QED) is 0.911. The molecule has 0 saturated heterocycles. The van der Waals surface area contributed by atoms with Gasteiger partial charge in [-0.05, 0) is 48.9 Å². The van der Waals surface area contributed by atoms with E-state index in [9.17, 15) is 5.11 Å². The molecule has 1 aromatic heterocycles. The molecule has 0 spiro atoms. The zero-order valence-corrected chi connectivity index (χ0v) is 11.1. The molecule has 2 aromatic rings. The van der Waals surface area contributed by atoms with E-state index >= 15 is 0 Å². The largest absolute Gasteiger partial charge is 0.385 e. The summed E-state index contributed by atoms with van der Waals surface area (Å²) in [6.07, 6.45) is 1.50. The van der Waals surface area contributed by atoms with Crippen LogP contribution in [0.2, 0.25) is 0 Å². The van der Waals surface area contributed by atoms with Crippen LogP contribution >= 0.6 is 11.3 Å². The summed E-state index contributed by atoms with van der Waals surface area (Å²) >= 11 is 1.70. The predicted octanol–water partition coefficient (Wildman–Crippen LogP) is 3.46. The maximum atomic E-state index is 10.5. The van der Waals surface area contributed by atoms with Crippen LogP contribution in [0, 0.1) is 11.3 Å². The topological polar surface area (TPSA) is 44.0 Å². The Labute approximate surface area is 111 Å². The average Bonchev–Trinajstić information content (AvgIpc) is 2.90. The van der Waals surface area contributed by atoms with Gasteiger partial charge in [0.2, 0.25) is 0 Å². The average molecular weight is 257 g/mol. The van der Waals surface area contributed by atoms with Gasteiger partial charge in [-0.25, -0.2) is 0 Å². The number of benzene rings is 1. The van der Waals surface area contributed by atoms with Crippen molar-refractivity contribution < 1.29 is 5.11 Å². The Morgan fingerprint density at radius 3 is 2.83 bits per heavy atom. The number of aryl methyl sites for hydroxylation is 1. The van der Waals surface area contributed by atoms with Gasteiger partial charge >= 0.3 is 0 Å². The summed E-state index contributed by atoms with van der Waals surface area (Å²) < 4.78 is 0. The molecule has 1 atom stereocenters. The lowest BCUT2D eigenvalue weighted by atomic mass is 9.90. The van der Waals surface area contributed by atoms with E-state index < -0.39 is 5.60 Å². The van der Waals surface area contributed by atoms with E-state index in [0.717, 1.165) is 12.0 Å². The van der Waals surface area contributed by atoms with Crippen molar-refractivity contribution in [2.75, 3.05) is 0 Å². The maximum absolute atomic E-state index is 10.5. The van der Waals surface area contributed by atoms with Crippen LogP contribution in [0.3, 0.4) is 0 Å².